The van der Waals surface area contributed by atoms with Gasteiger partial charge in [-0.25, -0.2) is 0 Å². The first kappa shape index (κ1) is 15.5. The summed E-state index contributed by atoms with van der Waals surface area (Å²) >= 11 is 0. The second-order valence-electron chi connectivity index (χ2n) is 3.46. The standard InChI is InChI=1S/C10H15NO5S/c1-4-9(13)11-10(17(14,15)16)6-5-8(12)7(2)3/h4,10H,1-2,5-6H2,3H3,(H,11,13)(H,14,15,16). The van der Waals surface area contributed by atoms with E-state index in [0.717, 1.165) is 6.08 Å². The van der Waals surface area contributed by atoms with Crippen molar-refractivity contribution in [3.8, 4) is 0 Å². The molecule has 0 saturated heterocycles. The number of carbonyl (C=O) groups excluding carboxylic acids is 2. The third-order valence-electron chi connectivity index (χ3n) is 1.96. The van der Waals surface area contributed by atoms with Crippen LogP contribution in [0, 0.1) is 0 Å². The summed E-state index contributed by atoms with van der Waals surface area (Å²) in [5, 5.41) is 0.507. The second-order valence-corrected chi connectivity index (χ2v) is 5.06. The Morgan fingerprint density at radius 2 is 2.00 bits per heavy atom. The van der Waals surface area contributed by atoms with Crippen molar-refractivity contribution in [2.45, 2.75) is 25.1 Å². The number of Topliss-reactive ketones (excluding diaryl/α,β-unsaturated/α-hetero) is 1. The fourth-order valence-corrected chi connectivity index (χ4v) is 1.67. The van der Waals surface area contributed by atoms with Gasteiger partial charge in [-0.3, -0.25) is 14.1 Å². The quantitative estimate of drug-likeness (QED) is 0.511. The van der Waals surface area contributed by atoms with Crippen molar-refractivity contribution >= 4 is 21.8 Å². The third kappa shape index (κ3) is 5.98. The van der Waals surface area contributed by atoms with E-state index in [9.17, 15) is 18.0 Å². The molecule has 96 valence electrons. The molecule has 0 aromatic rings. The van der Waals surface area contributed by atoms with Crippen LogP contribution in [0.25, 0.3) is 0 Å². The number of rotatable bonds is 7. The molecule has 0 aliphatic heterocycles. The van der Waals surface area contributed by atoms with Gasteiger partial charge in [0.25, 0.3) is 10.1 Å². The third-order valence-corrected chi connectivity index (χ3v) is 3.03. The lowest BCUT2D eigenvalue weighted by molar-refractivity contribution is -0.118. The molecule has 0 fully saturated rings. The maximum atomic E-state index is 11.2. The Balaban J connectivity index is 4.63. The zero-order chi connectivity index (χ0) is 13.6. The number of amides is 1. The molecule has 1 atom stereocenters. The van der Waals surface area contributed by atoms with Gasteiger partial charge in [0.2, 0.25) is 5.91 Å². The van der Waals surface area contributed by atoms with Crippen LogP contribution in [0.5, 0.6) is 0 Å². The Bertz CT molecular complexity index is 438. The van der Waals surface area contributed by atoms with Crippen LogP contribution < -0.4 is 5.32 Å². The molecule has 7 heteroatoms. The van der Waals surface area contributed by atoms with E-state index in [1.807, 2.05) is 5.32 Å². The highest BCUT2D eigenvalue weighted by Gasteiger charge is 2.24. The van der Waals surface area contributed by atoms with E-state index in [1.54, 1.807) is 0 Å². The van der Waals surface area contributed by atoms with Crippen molar-refractivity contribution in [3.63, 3.8) is 0 Å². The molecule has 0 saturated carbocycles. The van der Waals surface area contributed by atoms with E-state index in [-0.39, 0.29) is 24.2 Å². The van der Waals surface area contributed by atoms with Gasteiger partial charge in [0.15, 0.2) is 11.2 Å². The Morgan fingerprint density at radius 1 is 1.47 bits per heavy atom. The van der Waals surface area contributed by atoms with Crippen molar-refractivity contribution in [2.75, 3.05) is 0 Å². The van der Waals surface area contributed by atoms with Gasteiger partial charge in [-0.1, -0.05) is 13.2 Å². The first-order chi connectivity index (χ1) is 7.68. The predicted octanol–water partition coefficient (Wildman–Crippen LogP) is 0.428. The van der Waals surface area contributed by atoms with E-state index >= 15 is 0 Å². The summed E-state index contributed by atoms with van der Waals surface area (Å²) in [6, 6.07) is 0. The van der Waals surface area contributed by atoms with E-state index in [0.29, 0.717) is 0 Å². The van der Waals surface area contributed by atoms with Gasteiger partial charge in [0, 0.05) is 6.42 Å². The zero-order valence-electron chi connectivity index (χ0n) is 9.47. The second kappa shape index (κ2) is 6.31. The molecule has 17 heavy (non-hydrogen) atoms. The Morgan fingerprint density at radius 3 is 2.35 bits per heavy atom. The van der Waals surface area contributed by atoms with E-state index < -0.39 is 21.4 Å². The molecule has 1 unspecified atom stereocenters. The van der Waals surface area contributed by atoms with Crippen LogP contribution in [0.1, 0.15) is 19.8 Å². The molecule has 0 spiro atoms. The summed E-state index contributed by atoms with van der Waals surface area (Å²) in [5.41, 5.74) is 0.286. The van der Waals surface area contributed by atoms with Crippen LogP contribution in [-0.4, -0.2) is 30.0 Å². The first-order valence-corrected chi connectivity index (χ1v) is 6.26. The molecule has 1 amide bonds. The average molecular weight is 261 g/mol. The lowest BCUT2D eigenvalue weighted by Crippen LogP contribution is -2.40. The fraction of sp³-hybridized carbons (Fsp3) is 0.400. The van der Waals surface area contributed by atoms with Gasteiger partial charge < -0.3 is 5.32 Å². The number of hydrogen-bond acceptors (Lipinski definition) is 4. The molecule has 2 N–H and O–H groups in total. The molecule has 6 nitrogen and oxygen atoms in total. The van der Waals surface area contributed by atoms with Crippen molar-refractivity contribution in [1.29, 1.82) is 0 Å². The highest BCUT2D eigenvalue weighted by Crippen LogP contribution is 2.07. The number of ketones is 1. The van der Waals surface area contributed by atoms with Crippen molar-refractivity contribution in [1.82, 2.24) is 5.32 Å². The fourth-order valence-electron chi connectivity index (χ4n) is 0.989. The van der Waals surface area contributed by atoms with Gasteiger partial charge >= 0.3 is 0 Å². The Hall–Kier alpha value is -1.47. The number of nitrogens with one attached hydrogen (secondary N) is 1. The molecule has 0 aliphatic carbocycles. The zero-order valence-corrected chi connectivity index (χ0v) is 10.3. The normalized spacial score (nSPS) is 12.6. The van der Waals surface area contributed by atoms with Crippen LogP contribution in [0.4, 0.5) is 0 Å². The molecule has 0 aromatic heterocycles. The van der Waals surface area contributed by atoms with Crippen molar-refractivity contribution in [2.24, 2.45) is 0 Å². The van der Waals surface area contributed by atoms with Crippen LogP contribution in [0.2, 0.25) is 0 Å². The molecular weight excluding hydrogens is 246 g/mol. The molecular formula is C10H15NO5S. The molecule has 0 bridgehead atoms. The summed E-state index contributed by atoms with van der Waals surface area (Å²) in [5.74, 6) is -1.07. The van der Waals surface area contributed by atoms with Crippen LogP contribution in [-0.2, 0) is 19.7 Å². The monoisotopic (exact) mass is 261 g/mol. The Labute approximate surface area is 100 Å². The Kier molecular flexibility index (Phi) is 5.77. The smallest absolute Gasteiger partial charge is 0.286 e. The summed E-state index contributed by atoms with van der Waals surface area (Å²) in [7, 11) is -4.45. The highest BCUT2D eigenvalue weighted by molar-refractivity contribution is 7.86. The van der Waals surface area contributed by atoms with Crippen molar-refractivity contribution in [3.05, 3.63) is 24.8 Å². The predicted molar refractivity (Wildman–Crippen MR) is 62.7 cm³/mol. The maximum Gasteiger partial charge on any atom is 0.286 e. The van der Waals surface area contributed by atoms with Gasteiger partial charge in [0.05, 0.1) is 0 Å². The SMILES string of the molecule is C=CC(=O)NC(CCC(=O)C(=C)C)S(=O)(=O)O. The van der Waals surface area contributed by atoms with E-state index in [1.165, 1.54) is 6.92 Å². The van der Waals surface area contributed by atoms with Gasteiger partial charge in [-0.2, -0.15) is 8.42 Å². The highest BCUT2D eigenvalue weighted by atomic mass is 32.2. The molecule has 0 aliphatic rings. The topological polar surface area (TPSA) is 101 Å². The summed E-state index contributed by atoms with van der Waals surface area (Å²) in [6.45, 7) is 8.05. The van der Waals surface area contributed by atoms with E-state index in [2.05, 4.69) is 13.2 Å². The average Bonchev–Trinajstić information content (AvgIpc) is 2.21. The first-order valence-electron chi connectivity index (χ1n) is 4.76. The number of hydrogen-bond donors (Lipinski definition) is 2. The van der Waals surface area contributed by atoms with Crippen LogP contribution in [0.3, 0.4) is 0 Å². The molecule has 0 aromatic carbocycles. The lowest BCUT2D eigenvalue weighted by atomic mass is 10.1. The van der Waals surface area contributed by atoms with Gasteiger partial charge in [0.1, 0.15) is 0 Å². The largest absolute Gasteiger partial charge is 0.334 e. The van der Waals surface area contributed by atoms with Crippen LogP contribution >= 0.6 is 0 Å². The minimum Gasteiger partial charge on any atom is -0.334 e. The summed E-state index contributed by atoms with van der Waals surface area (Å²) in [6.07, 6.45) is 0.528. The van der Waals surface area contributed by atoms with E-state index in [4.69, 9.17) is 4.55 Å². The molecule has 0 rings (SSSR count). The molecule has 0 radical (unpaired) electrons. The number of carbonyl (C=O) groups is 2. The van der Waals surface area contributed by atoms with Gasteiger partial charge in [-0.15, -0.1) is 0 Å². The summed E-state index contributed by atoms with van der Waals surface area (Å²) in [4.78, 5) is 22.2. The van der Waals surface area contributed by atoms with Crippen molar-refractivity contribution < 1.29 is 22.6 Å². The maximum absolute atomic E-state index is 11.2. The minimum absolute atomic E-state index is 0.128. The summed E-state index contributed by atoms with van der Waals surface area (Å²) < 4.78 is 30.7. The number of allylic oxidation sites excluding steroid dienone is 1. The van der Waals surface area contributed by atoms with Gasteiger partial charge in [-0.05, 0) is 25.0 Å². The minimum atomic E-state index is -4.45. The van der Waals surface area contributed by atoms with Crippen LogP contribution in [0.15, 0.2) is 24.8 Å². The molecule has 0 heterocycles. The lowest BCUT2D eigenvalue weighted by Gasteiger charge is -2.14.